The summed E-state index contributed by atoms with van der Waals surface area (Å²) >= 11 is 0. The Balaban J connectivity index is 1.72. The number of anilines is 1. The Morgan fingerprint density at radius 1 is 1.00 bits per heavy atom. The molecule has 3 aromatic carbocycles. The van der Waals surface area contributed by atoms with Gasteiger partial charge in [0, 0.05) is 34.3 Å². The largest absolute Gasteiger partial charge is 0.496 e. The van der Waals surface area contributed by atoms with Gasteiger partial charge in [-0.25, -0.2) is 4.39 Å². The summed E-state index contributed by atoms with van der Waals surface area (Å²) in [7, 11) is 1.58. The molecular formula is C28H26FNO3. The molecule has 0 unspecified atom stereocenters. The van der Waals surface area contributed by atoms with Crippen molar-refractivity contribution in [3.63, 3.8) is 0 Å². The molecule has 1 amide bonds. The lowest BCUT2D eigenvalue weighted by Crippen LogP contribution is -2.09. The number of benzene rings is 3. The Labute approximate surface area is 192 Å². The number of nitrogens with one attached hydrogen (secondary N) is 1. The first kappa shape index (κ1) is 22.3. The molecule has 4 aromatic rings. The zero-order valence-electron chi connectivity index (χ0n) is 19.4. The molecule has 1 aromatic heterocycles. The Bertz CT molecular complexity index is 1400. The van der Waals surface area contributed by atoms with Crippen LogP contribution in [0.25, 0.3) is 27.7 Å². The van der Waals surface area contributed by atoms with Gasteiger partial charge in [0.15, 0.2) is 0 Å². The number of aryl methyl sites for hydroxylation is 3. The van der Waals surface area contributed by atoms with E-state index in [1.54, 1.807) is 32.4 Å². The molecule has 0 spiro atoms. The van der Waals surface area contributed by atoms with Crippen molar-refractivity contribution in [1.82, 2.24) is 0 Å². The van der Waals surface area contributed by atoms with E-state index in [9.17, 15) is 9.18 Å². The van der Waals surface area contributed by atoms with Crippen LogP contribution in [0.5, 0.6) is 5.75 Å². The molecule has 0 aliphatic rings. The minimum atomic E-state index is -0.362. The third-order valence-corrected chi connectivity index (χ3v) is 5.78. The van der Waals surface area contributed by atoms with Crippen molar-refractivity contribution in [2.24, 2.45) is 0 Å². The van der Waals surface area contributed by atoms with Gasteiger partial charge in [-0.15, -0.1) is 0 Å². The zero-order valence-corrected chi connectivity index (χ0v) is 19.4. The molecule has 1 N–H and O–H groups in total. The summed E-state index contributed by atoms with van der Waals surface area (Å²) in [5.74, 6) is -0.105. The average molecular weight is 444 g/mol. The van der Waals surface area contributed by atoms with Gasteiger partial charge in [-0.3, -0.25) is 4.79 Å². The smallest absolute Gasteiger partial charge is 0.248 e. The topological polar surface area (TPSA) is 51.5 Å². The highest BCUT2D eigenvalue weighted by atomic mass is 19.1. The van der Waals surface area contributed by atoms with Crippen LogP contribution in [0.3, 0.4) is 0 Å². The number of hydrogen-bond acceptors (Lipinski definition) is 3. The Morgan fingerprint density at radius 2 is 1.79 bits per heavy atom. The lowest BCUT2D eigenvalue weighted by atomic mass is 9.96. The molecule has 5 heteroatoms. The number of carbonyl (C=O) groups excluding carboxylic acids is 1. The number of rotatable bonds is 5. The van der Waals surface area contributed by atoms with Gasteiger partial charge in [0.1, 0.15) is 17.1 Å². The zero-order chi connectivity index (χ0) is 23.7. The van der Waals surface area contributed by atoms with Gasteiger partial charge in [0.05, 0.1) is 13.4 Å². The van der Waals surface area contributed by atoms with Gasteiger partial charge >= 0.3 is 0 Å². The summed E-state index contributed by atoms with van der Waals surface area (Å²) in [5.41, 5.74) is 7.57. The lowest BCUT2D eigenvalue weighted by molar-refractivity contribution is -0.111. The Kier molecular flexibility index (Phi) is 6.05. The van der Waals surface area contributed by atoms with Gasteiger partial charge in [0.2, 0.25) is 5.91 Å². The van der Waals surface area contributed by atoms with Crippen molar-refractivity contribution >= 4 is 28.1 Å². The van der Waals surface area contributed by atoms with Crippen LogP contribution >= 0.6 is 0 Å². The number of hydrogen-bond donors (Lipinski definition) is 1. The maximum atomic E-state index is 13.8. The molecule has 0 saturated carbocycles. The minimum absolute atomic E-state index is 0.348. The van der Waals surface area contributed by atoms with E-state index in [0.29, 0.717) is 28.2 Å². The molecule has 0 radical (unpaired) electrons. The Hall–Kier alpha value is -3.86. The van der Waals surface area contributed by atoms with Gasteiger partial charge in [0.25, 0.3) is 0 Å². The van der Waals surface area contributed by atoms with E-state index in [1.165, 1.54) is 17.7 Å². The second kappa shape index (κ2) is 8.94. The fourth-order valence-electron chi connectivity index (χ4n) is 3.98. The van der Waals surface area contributed by atoms with Crippen LogP contribution in [0.4, 0.5) is 10.1 Å². The molecule has 0 atom stereocenters. The van der Waals surface area contributed by atoms with Crippen LogP contribution in [-0.2, 0) is 4.79 Å². The van der Waals surface area contributed by atoms with Crippen molar-refractivity contribution in [3.05, 3.63) is 88.9 Å². The lowest BCUT2D eigenvalue weighted by Gasteiger charge is -2.11. The second-order valence-corrected chi connectivity index (χ2v) is 8.30. The molecule has 0 bridgehead atoms. The number of amides is 1. The van der Waals surface area contributed by atoms with E-state index in [1.807, 2.05) is 19.1 Å². The molecule has 0 saturated heterocycles. The van der Waals surface area contributed by atoms with Gasteiger partial charge in [-0.1, -0.05) is 29.8 Å². The van der Waals surface area contributed by atoms with E-state index in [2.05, 4.69) is 37.4 Å². The first-order valence-corrected chi connectivity index (χ1v) is 10.7. The fourth-order valence-corrected chi connectivity index (χ4v) is 3.98. The normalized spacial score (nSPS) is 11.6. The molecule has 4 rings (SSSR count). The number of ether oxygens (including phenoxy) is 1. The van der Waals surface area contributed by atoms with E-state index < -0.39 is 0 Å². The highest BCUT2D eigenvalue weighted by molar-refractivity contribution is 6.05. The third kappa shape index (κ3) is 4.53. The third-order valence-electron chi connectivity index (χ3n) is 5.78. The van der Waals surface area contributed by atoms with E-state index in [-0.39, 0.29) is 11.7 Å². The van der Waals surface area contributed by atoms with Crippen LogP contribution in [0.1, 0.15) is 29.2 Å². The maximum absolute atomic E-state index is 13.8. The number of allylic oxidation sites excluding steroid dienone is 1. The molecule has 168 valence electrons. The Morgan fingerprint density at radius 3 is 2.48 bits per heavy atom. The second-order valence-electron chi connectivity index (χ2n) is 8.30. The summed E-state index contributed by atoms with van der Waals surface area (Å²) < 4.78 is 25.2. The standard InChI is InChI=1S/C28H26FNO3/c1-16-6-9-21(18(3)10-16)24-15-33-27-14-26(32-5)22(13-23(24)27)19(4)11-28(31)30-20-8-7-17(2)25(29)12-20/h6-15H,1-5H3,(H,30,31)/b19-11+. The number of furan rings is 1. The van der Waals surface area contributed by atoms with Crippen LogP contribution in [-0.4, -0.2) is 13.0 Å². The molecule has 33 heavy (non-hydrogen) atoms. The SMILES string of the molecule is COc1cc2occ(-c3ccc(C)cc3C)c2cc1/C(C)=C/C(=O)Nc1ccc(C)c(F)c1. The number of carbonyl (C=O) groups is 1. The van der Waals surface area contributed by atoms with Crippen LogP contribution in [0, 0.1) is 26.6 Å². The molecule has 4 nitrogen and oxygen atoms in total. The molecule has 0 aliphatic heterocycles. The highest BCUT2D eigenvalue weighted by Gasteiger charge is 2.16. The molecule has 0 aliphatic carbocycles. The van der Waals surface area contributed by atoms with Gasteiger partial charge < -0.3 is 14.5 Å². The summed E-state index contributed by atoms with van der Waals surface area (Å²) in [6, 6.07) is 14.7. The summed E-state index contributed by atoms with van der Waals surface area (Å²) in [4.78, 5) is 12.6. The first-order chi connectivity index (χ1) is 15.8. The fraction of sp³-hybridized carbons (Fsp3) is 0.179. The quantitative estimate of drug-likeness (QED) is 0.331. The predicted octanol–water partition coefficient (Wildman–Crippen LogP) is 7.21. The van der Waals surface area contributed by atoms with Crippen LogP contribution in [0.2, 0.25) is 0 Å². The summed E-state index contributed by atoms with van der Waals surface area (Å²) in [6.45, 7) is 7.66. The average Bonchev–Trinajstić information content (AvgIpc) is 3.18. The number of fused-ring (bicyclic) bond motifs is 1. The predicted molar refractivity (Wildman–Crippen MR) is 131 cm³/mol. The molecular weight excluding hydrogens is 417 g/mol. The van der Waals surface area contributed by atoms with E-state index in [0.717, 1.165) is 27.6 Å². The number of halogens is 1. The van der Waals surface area contributed by atoms with Crippen LogP contribution in [0.15, 0.2) is 65.3 Å². The minimum Gasteiger partial charge on any atom is -0.496 e. The van der Waals surface area contributed by atoms with Gasteiger partial charge in [-0.2, -0.15) is 0 Å². The monoisotopic (exact) mass is 443 g/mol. The highest BCUT2D eigenvalue weighted by Crippen LogP contribution is 2.38. The van der Waals surface area contributed by atoms with E-state index >= 15 is 0 Å². The molecule has 0 fully saturated rings. The van der Waals surface area contributed by atoms with Crippen molar-refractivity contribution in [2.75, 3.05) is 12.4 Å². The summed E-state index contributed by atoms with van der Waals surface area (Å²) in [5, 5.41) is 3.65. The molecule has 1 heterocycles. The van der Waals surface area contributed by atoms with Crippen molar-refractivity contribution < 1.29 is 18.3 Å². The van der Waals surface area contributed by atoms with Crippen molar-refractivity contribution in [2.45, 2.75) is 27.7 Å². The number of methoxy groups -OCH3 is 1. The maximum Gasteiger partial charge on any atom is 0.248 e. The van der Waals surface area contributed by atoms with E-state index in [4.69, 9.17) is 9.15 Å². The summed E-state index contributed by atoms with van der Waals surface area (Å²) in [6.07, 6.45) is 3.24. The van der Waals surface area contributed by atoms with Crippen molar-refractivity contribution in [1.29, 1.82) is 0 Å². The van der Waals surface area contributed by atoms with Crippen LogP contribution < -0.4 is 10.1 Å². The van der Waals surface area contributed by atoms with Crippen molar-refractivity contribution in [3.8, 4) is 16.9 Å². The van der Waals surface area contributed by atoms with Gasteiger partial charge in [-0.05, 0) is 68.2 Å². The first-order valence-electron chi connectivity index (χ1n) is 10.7.